The van der Waals surface area contributed by atoms with E-state index in [0.717, 1.165) is 31.0 Å². The van der Waals surface area contributed by atoms with Crippen LogP contribution in [-0.4, -0.2) is 41.2 Å². The maximum Gasteiger partial charge on any atom is 0.339 e. The van der Waals surface area contributed by atoms with Crippen LogP contribution in [0.1, 0.15) is 60.2 Å². The van der Waals surface area contributed by atoms with E-state index in [0.29, 0.717) is 23.9 Å². The van der Waals surface area contributed by atoms with E-state index in [2.05, 4.69) is 31.9 Å². The molecule has 0 saturated heterocycles. The average Bonchev–Trinajstić information content (AvgIpc) is 2.68. The van der Waals surface area contributed by atoms with E-state index >= 15 is 0 Å². The molecule has 1 aromatic rings. The third-order valence-electron chi connectivity index (χ3n) is 3.16. The van der Waals surface area contributed by atoms with E-state index < -0.39 is 11.9 Å². The van der Waals surface area contributed by atoms with Gasteiger partial charge in [-0.05, 0) is 25.0 Å². The van der Waals surface area contributed by atoms with Gasteiger partial charge in [0.15, 0.2) is 0 Å². The average molecular weight is 515 g/mol. The third-order valence-corrected chi connectivity index (χ3v) is 6.21. The smallest absolute Gasteiger partial charge is 0.339 e. The molecule has 0 aromatic heterocycles. The Kier molecular flexibility index (Phi) is 16.2. The predicted octanol–water partition coefficient (Wildman–Crippen LogP) is 5.98. The van der Waals surface area contributed by atoms with Crippen molar-refractivity contribution >= 4 is 55.4 Å². The molecule has 0 heterocycles. The van der Waals surface area contributed by atoms with E-state index in [1.54, 1.807) is 24.3 Å². The number of unbranched alkanes of at least 4 members (excludes halogenated alkanes) is 2. The van der Waals surface area contributed by atoms with Gasteiger partial charge in [0.05, 0.1) is 24.3 Å². The molecule has 4 nitrogen and oxygen atoms in total. The summed E-state index contributed by atoms with van der Waals surface area (Å²) in [4.78, 5) is 24.3. The Morgan fingerprint density at radius 2 is 1.42 bits per heavy atom. The first kappa shape index (κ1) is 25.4. The van der Waals surface area contributed by atoms with Crippen LogP contribution in [0.15, 0.2) is 24.3 Å². The molecule has 0 aliphatic heterocycles. The minimum atomic E-state index is -0.471. The van der Waals surface area contributed by atoms with Gasteiger partial charge in [0.2, 0.25) is 0 Å². The largest absolute Gasteiger partial charge is 0.462 e. The molecule has 148 valence electrons. The van der Waals surface area contributed by atoms with E-state index in [1.165, 1.54) is 0 Å². The van der Waals surface area contributed by atoms with E-state index in [1.807, 2.05) is 13.8 Å². The van der Waals surface area contributed by atoms with Gasteiger partial charge >= 0.3 is 11.9 Å². The maximum atomic E-state index is 11.9. The Bertz CT molecular complexity index is 481. The lowest BCUT2D eigenvalue weighted by molar-refractivity contribution is 0.0452. The third kappa shape index (κ3) is 11.2. The zero-order valence-corrected chi connectivity index (χ0v) is 19.2. The molecular formula is C19H27Br2ClO4. The van der Waals surface area contributed by atoms with Crippen LogP contribution in [0, 0.1) is 0 Å². The van der Waals surface area contributed by atoms with Gasteiger partial charge in [-0.3, -0.25) is 0 Å². The topological polar surface area (TPSA) is 52.6 Å². The van der Waals surface area contributed by atoms with Crippen LogP contribution in [0.2, 0.25) is 0 Å². The lowest BCUT2D eigenvalue weighted by atomic mass is 10.1. The first-order valence-electron chi connectivity index (χ1n) is 8.70. The molecule has 0 aliphatic rings. The van der Waals surface area contributed by atoms with E-state index in [-0.39, 0.29) is 11.1 Å². The van der Waals surface area contributed by atoms with Gasteiger partial charge in [0.25, 0.3) is 0 Å². The molecule has 0 amide bonds. The molecule has 0 bridgehead atoms. The van der Waals surface area contributed by atoms with Crippen LogP contribution in [0.4, 0.5) is 0 Å². The molecule has 0 aliphatic carbocycles. The molecular weight excluding hydrogens is 487 g/mol. The summed E-state index contributed by atoms with van der Waals surface area (Å²) < 4.78 is 10.3. The summed E-state index contributed by atoms with van der Waals surface area (Å²) in [6, 6.07) is 6.59. The van der Waals surface area contributed by atoms with Crippen molar-refractivity contribution in [1.29, 1.82) is 0 Å². The monoisotopic (exact) mass is 512 g/mol. The number of rotatable bonds is 10. The van der Waals surface area contributed by atoms with Crippen molar-refractivity contribution in [3.63, 3.8) is 0 Å². The molecule has 0 N–H and O–H groups in total. The Balaban J connectivity index is 0.000000896. The van der Waals surface area contributed by atoms with Crippen molar-refractivity contribution in [2.45, 2.75) is 44.4 Å². The van der Waals surface area contributed by atoms with Crippen LogP contribution >= 0.6 is 43.5 Å². The van der Waals surface area contributed by atoms with Gasteiger partial charge in [-0.2, -0.15) is 0 Å². The number of halogens is 3. The fourth-order valence-corrected chi connectivity index (χ4v) is 2.26. The van der Waals surface area contributed by atoms with Gasteiger partial charge < -0.3 is 9.47 Å². The number of esters is 2. The highest BCUT2D eigenvalue weighted by molar-refractivity contribution is 9.12. The molecule has 0 fully saturated rings. The quantitative estimate of drug-likeness (QED) is 0.219. The molecule has 0 radical (unpaired) electrons. The Morgan fingerprint density at radius 3 is 1.69 bits per heavy atom. The van der Waals surface area contributed by atoms with Gasteiger partial charge in [-0.1, -0.05) is 70.7 Å². The van der Waals surface area contributed by atoms with Crippen LogP contribution in [-0.2, 0) is 9.47 Å². The second-order valence-corrected chi connectivity index (χ2v) is 7.68. The molecule has 0 spiro atoms. The minimum Gasteiger partial charge on any atom is -0.462 e. The normalized spacial score (nSPS) is 11.1. The van der Waals surface area contributed by atoms with Gasteiger partial charge in [0.1, 0.15) is 0 Å². The Labute approximate surface area is 178 Å². The number of carbonyl (C=O) groups is 2. The fraction of sp³-hybridized carbons (Fsp3) is 0.579. The fourth-order valence-electron chi connectivity index (χ4n) is 1.65. The molecule has 7 heteroatoms. The second kappa shape index (κ2) is 16.6. The van der Waals surface area contributed by atoms with Crippen LogP contribution in [0.25, 0.3) is 0 Å². The zero-order valence-electron chi connectivity index (χ0n) is 15.3. The molecule has 1 aromatic carbocycles. The highest BCUT2D eigenvalue weighted by Crippen LogP contribution is 2.12. The maximum absolute atomic E-state index is 11.9. The lowest BCUT2D eigenvalue weighted by Gasteiger charge is -2.09. The van der Waals surface area contributed by atoms with Crippen molar-refractivity contribution in [2.24, 2.45) is 0 Å². The number of alkyl halides is 3. The zero-order chi connectivity index (χ0) is 19.8. The van der Waals surface area contributed by atoms with E-state index in [4.69, 9.17) is 21.1 Å². The summed E-state index contributed by atoms with van der Waals surface area (Å²) >= 11 is 11.9. The van der Waals surface area contributed by atoms with Crippen molar-refractivity contribution in [3.05, 3.63) is 35.4 Å². The molecule has 0 saturated carbocycles. The van der Waals surface area contributed by atoms with Crippen LogP contribution < -0.4 is 0 Å². The number of benzene rings is 1. The molecule has 1 unspecified atom stereocenters. The van der Waals surface area contributed by atoms with Crippen LogP contribution in [0.5, 0.6) is 0 Å². The predicted molar refractivity (Wildman–Crippen MR) is 114 cm³/mol. The summed E-state index contributed by atoms with van der Waals surface area (Å²) in [7, 11) is 0. The van der Waals surface area contributed by atoms with Gasteiger partial charge in [-0.25, -0.2) is 9.59 Å². The lowest BCUT2D eigenvalue weighted by Crippen LogP contribution is -2.14. The number of carbonyl (C=O) groups excluding carboxylic acids is 2. The second-order valence-electron chi connectivity index (χ2n) is 5.43. The van der Waals surface area contributed by atoms with Gasteiger partial charge in [-0.15, -0.1) is 11.6 Å². The number of ether oxygens (including phenoxy) is 2. The highest BCUT2D eigenvalue weighted by Gasteiger charge is 2.18. The Morgan fingerprint density at radius 1 is 1.00 bits per heavy atom. The molecule has 1 atom stereocenters. The number of hydrogen-bond donors (Lipinski definition) is 0. The van der Waals surface area contributed by atoms with Crippen LogP contribution in [0.3, 0.4) is 0 Å². The standard InChI is InChI=1S/C16H22O4.C3H5Br2Cl/c1-3-5-11-19-15(17)13-9-7-8-10-14(13)16(18)20-12-6-4-2;4-1-3(5)2-6/h7-10H,3-6,11-12H2,1-2H3;3H,1-2H2. The Hall–Kier alpha value is -0.590. The first-order valence-corrected chi connectivity index (χ1v) is 11.3. The summed E-state index contributed by atoms with van der Waals surface area (Å²) in [6.45, 7) is 4.78. The summed E-state index contributed by atoms with van der Waals surface area (Å²) in [6.07, 6.45) is 3.53. The van der Waals surface area contributed by atoms with Crippen molar-refractivity contribution in [1.82, 2.24) is 0 Å². The highest BCUT2D eigenvalue weighted by atomic mass is 79.9. The van der Waals surface area contributed by atoms with Crippen molar-refractivity contribution < 1.29 is 19.1 Å². The summed E-state index contributed by atoms with van der Waals surface area (Å²) in [5, 5.41) is 0.927. The van der Waals surface area contributed by atoms with Crippen molar-refractivity contribution in [2.75, 3.05) is 24.4 Å². The van der Waals surface area contributed by atoms with Gasteiger partial charge in [0, 0.05) is 16.0 Å². The molecule has 1 rings (SSSR count). The van der Waals surface area contributed by atoms with Crippen molar-refractivity contribution in [3.8, 4) is 0 Å². The summed E-state index contributed by atoms with van der Waals surface area (Å²) in [5.74, 6) is -0.270. The minimum absolute atomic E-state index is 0.269. The summed E-state index contributed by atoms with van der Waals surface area (Å²) in [5.41, 5.74) is 0.537. The van der Waals surface area contributed by atoms with E-state index in [9.17, 15) is 9.59 Å². The SMILES string of the molecule is CCCCOC(=O)c1ccccc1C(=O)OCCCC.ClCC(Br)CBr. The molecule has 26 heavy (non-hydrogen) atoms. The number of hydrogen-bond acceptors (Lipinski definition) is 4. The first-order chi connectivity index (χ1) is 12.5.